The lowest BCUT2D eigenvalue weighted by molar-refractivity contribution is -0.143. The van der Waals surface area contributed by atoms with Crippen molar-refractivity contribution in [2.24, 2.45) is 5.92 Å². The molecule has 0 aromatic heterocycles. The number of carbonyl (C=O) groups excluding carboxylic acids is 3. The molecule has 0 aliphatic rings. The topological polar surface area (TPSA) is 93.7 Å². The highest BCUT2D eigenvalue weighted by atomic mass is 16.6. The fraction of sp³-hybridized carbons (Fsp3) is 0.786. The van der Waals surface area contributed by atoms with E-state index in [4.69, 9.17) is 4.74 Å². The first-order chi connectivity index (χ1) is 9.51. The molecular formula is C14H26N2O5. The number of amides is 2. The van der Waals surface area contributed by atoms with E-state index in [1.807, 2.05) is 13.8 Å². The van der Waals surface area contributed by atoms with Gasteiger partial charge in [0.25, 0.3) is 0 Å². The van der Waals surface area contributed by atoms with E-state index in [-0.39, 0.29) is 12.6 Å². The normalized spacial score (nSPS) is 12.5. The molecule has 0 aromatic rings. The number of ether oxygens (including phenoxy) is 2. The van der Waals surface area contributed by atoms with Crippen molar-refractivity contribution < 1.29 is 23.9 Å². The second-order valence-electron chi connectivity index (χ2n) is 6.15. The molecule has 0 spiro atoms. The average molecular weight is 302 g/mol. The maximum Gasteiger partial charge on any atom is 0.408 e. The third kappa shape index (κ3) is 10.6. The summed E-state index contributed by atoms with van der Waals surface area (Å²) >= 11 is 0. The van der Waals surface area contributed by atoms with Gasteiger partial charge in [-0.1, -0.05) is 13.8 Å². The number of hydrogen-bond acceptors (Lipinski definition) is 5. The molecule has 0 rings (SSSR count). The predicted octanol–water partition coefficient (Wildman–Crippen LogP) is 1.56. The van der Waals surface area contributed by atoms with Gasteiger partial charge in [-0.15, -0.1) is 0 Å². The summed E-state index contributed by atoms with van der Waals surface area (Å²) in [4.78, 5) is 34.4. The molecule has 0 aromatic carbocycles. The molecule has 1 atom stereocenters. The van der Waals surface area contributed by atoms with E-state index in [9.17, 15) is 14.4 Å². The summed E-state index contributed by atoms with van der Waals surface area (Å²) in [5.74, 6) is -0.712. The zero-order valence-corrected chi connectivity index (χ0v) is 13.6. The molecule has 7 nitrogen and oxygen atoms in total. The quantitative estimate of drug-likeness (QED) is 0.573. The first-order valence-corrected chi connectivity index (χ1v) is 6.92. The first-order valence-electron chi connectivity index (χ1n) is 6.92. The van der Waals surface area contributed by atoms with Crippen molar-refractivity contribution >= 4 is 18.0 Å². The van der Waals surface area contributed by atoms with Crippen molar-refractivity contribution in [3.8, 4) is 0 Å². The Labute approximate surface area is 125 Å². The van der Waals surface area contributed by atoms with Gasteiger partial charge in [0.15, 0.2) is 6.73 Å². The van der Waals surface area contributed by atoms with Crippen molar-refractivity contribution in [3.05, 3.63) is 0 Å². The van der Waals surface area contributed by atoms with Crippen LogP contribution in [0.25, 0.3) is 0 Å². The molecule has 0 heterocycles. The van der Waals surface area contributed by atoms with E-state index in [2.05, 4.69) is 15.4 Å². The van der Waals surface area contributed by atoms with Crippen LogP contribution in [-0.4, -0.2) is 36.3 Å². The Balaban J connectivity index is 4.53. The molecule has 21 heavy (non-hydrogen) atoms. The van der Waals surface area contributed by atoms with Gasteiger partial charge in [-0.2, -0.15) is 0 Å². The summed E-state index contributed by atoms with van der Waals surface area (Å²) in [6.45, 7) is 10.1. The molecule has 2 amide bonds. The van der Waals surface area contributed by atoms with Crippen LogP contribution in [0.3, 0.4) is 0 Å². The fourth-order valence-corrected chi connectivity index (χ4v) is 1.48. The number of alkyl carbamates (subject to hydrolysis) is 1. The van der Waals surface area contributed by atoms with Crippen LogP contribution in [0.5, 0.6) is 0 Å². The summed E-state index contributed by atoms with van der Waals surface area (Å²) in [5, 5.41) is 4.96. The third-order valence-corrected chi connectivity index (χ3v) is 2.24. The highest BCUT2D eigenvalue weighted by molar-refractivity contribution is 5.85. The standard InChI is InChI=1S/C14H26N2O5/c1-9(2)7-11(12(18)15-8-20-10(3)17)16-13(19)21-14(4,5)6/h9,11H,7-8H2,1-6H3,(H,15,18)(H,16,19). The Morgan fingerprint density at radius 2 is 1.71 bits per heavy atom. The fourth-order valence-electron chi connectivity index (χ4n) is 1.48. The molecule has 7 heteroatoms. The summed E-state index contributed by atoms with van der Waals surface area (Å²) in [5.41, 5.74) is -0.638. The lowest BCUT2D eigenvalue weighted by Gasteiger charge is -2.24. The Hall–Kier alpha value is -1.79. The van der Waals surface area contributed by atoms with E-state index in [1.165, 1.54) is 6.92 Å². The van der Waals surface area contributed by atoms with Crippen LogP contribution in [0.4, 0.5) is 4.79 Å². The number of carbonyl (C=O) groups is 3. The molecule has 122 valence electrons. The van der Waals surface area contributed by atoms with Gasteiger partial charge in [0.05, 0.1) is 0 Å². The maximum absolute atomic E-state index is 12.0. The molecule has 0 radical (unpaired) electrons. The van der Waals surface area contributed by atoms with Gasteiger partial charge in [-0.05, 0) is 33.1 Å². The van der Waals surface area contributed by atoms with Crippen molar-refractivity contribution in [2.45, 2.75) is 59.6 Å². The van der Waals surface area contributed by atoms with E-state index in [0.29, 0.717) is 6.42 Å². The van der Waals surface area contributed by atoms with Crippen LogP contribution < -0.4 is 10.6 Å². The number of nitrogens with one attached hydrogen (secondary N) is 2. The molecule has 0 saturated carbocycles. The van der Waals surface area contributed by atoms with Crippen molar-refractivity contribution in [1.29, 1.82) is 0 Å². The van der Waals surface area contributed by atoms with Crippen molar-refractivity contribution in [1.82, 2.24) is 10.6 Å². The van der Waals surface area contributed by atoms with Crippen molar-refractivity contribution in [3.63, 3.8) is 0 Å². The molecule has 2 N–H and O–H groups in total. The predicted molar refractivity (Wildman–Crippen MR) is 77.4 cm³/mol. The zero-order chi connectivity index (χ0) is 16.6. The smallest absolute Gasteiger partial charge is 0.408 e. The SMILES string of the molecule is CC(=O)OCNC(=O)C(CC(C)C)NC(=O)OC(C)(C)C. The number of hydrogen-bond donors (Lipinski definition) is 2. The summed E-state index contributed by atoms with van der Waals surface area (Å²) < 4.78 is 9.77. The number of esters is 1. The second-order valence-corrected chi connectivity index (χ2v) is 6.15. The number of rotatable bonds is 6. The van der Waals surface area contributed by atoms with Gasteiger partial charge in [-0.3, -0.25) is 9.59 Å². The van der Waals surface area contributed by atoms with Gasteiger partial charge in [0.1, 0.15) is 11.6 Å². The molecule has 0 fully saturated rings. The Kier molecular flexibility index (Phi) is 7.76. The summed E-state index contributed by atoms with van der Waals surface area (Å²) in [6, 6.07) is -0.740. The van der Waals surface area contributed by atoms with Crippen LogP contribution in [0, 0.1) is 5.92 Å². The van der Waals surface area contributed by atoms with E-state index >= 15 is 0 Å². The summed E-state index contributed by atoms with van der Waals surface area (Å²) in [7, 11) is 0. The highest BCUT2D eigenvalue weighted by Gasteiger charge is 2.25. The van der Waals surface area contributed by atoms with Crippen LogP contribution in [0.1, 0.15) is 48.0 Å². The monoisotopic (exact) mass is 302 g/mol. The minimum absolute atomic E-state index is 0.199. The van der Waals surface area contributed by atoms with Gasteiger partial charge >= 0.3 is 12.1 Å². The minimum atomic E-state index is -0.740. The summed E-state index contributed by atoms with van der Waals surface area (Å²) in [6.07, 6.45) is -0.207. The molecule has 0 saturated heterocycles. The average Bonchev–Trinajstić information content (AvgIpc) is 2.23. The van der Waals surface area contributed by atoms with Crippen LogP contribution in [0.2, 0.25) is 0 Å². The Morgan fingerprint density at radius 1 is 1.14 bits per heavy atom. The van der Waals surface area contributed by atoms with Gasteiger partial charge in [0, 0.05) is 6.92 Å². The second kappa shape index (κ2) is 8.49. The van der Waals surface area contributed by atoms with Crippen LogP contribution in [-0.2, 0) is 19.1 Å². The largest absolute Gasteiger partial charge is 0.445 e. The lowest BCUT2D eigenvalue weighted by atomic mass is 10.0. The van der Waals surface area contributed by atoms with Crippen molar-refractivity contribution in [2.75, 3.05) is 6.73 Å². The molecule has 0 aliphatic carbocycles. The van der Waals surface area contributed by atoms with Crippen LogP contribution in [0.15, 0.2) is 0 Å². The zero-order valence-electron chi connectivity index (χ0n) is 13.6. The highest BCUT2D eigenvalue weighted by Crippen LogP contribution is 2.09. The third-order valence-electron chi connectivity index (χ3n) is 2.24. The van der Waals surface area contributed by atoms with Gasteiger partial charge < -0.3 is 20.1 Å². The van der Waals surface area contributed by atoms with E-state index in [1.54, 1.807) is 20.8 Å². The first kappa shape index (κ1) is 19.2. The molecule has 1 unspecified atom stereocenters. The molecule has 0 bridgehead atoms. The Bertz CT molecular complexity index is 374. The molecular weight excluding hydrogens is 276 g/mol. The van der Waals surface area contributed by atoms with Gasteiger partial charge in [-0.25, -0.2) is 4.79 Å². The molecule has 0 aliphatic heterocycles. The lowest BCUT2D eigenvalue weighted by Crippen LogP contribution is -2.49. The minimum Gasteiger partial charge on any atom is -0.445 e. The Morgan fingerprint density at radius 3 is 2.14 bits per heavy atom. The maximum atomic E-state index is 12.0. The van der Waals surface area contributed by atoms with Gasteiger partial charge in [0.2, 0.25) is 5.91 Å². The van der Waals surface area contributed by atoms with Crippen LogP contribution >= 0.6 is 0 Å². The van der Waals surface area contributed by atoms with E-state index < -0.39 is 29.6 Å². The van der Waals surface area contributed by atoms with E-state index in [0.717, 1.165) is 0 Å².